The molecule has 142 valence electrons. The fraction of sp³-hybridized carbons (Fsp3) is 0.167. The zero-order chi connectivity index (χ0) is 19.7. The van der Waals surface area contributed by atoms with E-state index in [4.69, 9.17) is 10.00 Å². The first-order valence-corrected chi connectivity index (χ1v) is 10.7. The summed E-state index contributed by atoms with van der Waals surface area (Å²) in [7, 11) is -3.42. The van der Waals surface area contributed by atoms with Crippen molar-refractivity contribution in [1.82, 2.24) is 0 Å². The summed E-state index contributed by atoms with van der Waals surface area (Å²) in [5, 5.41) is 11.8. The molecule has 0 atom stereocenters. The van der Waals surface area contributed by atoms with Gasteiger partial charge in [-0.3, -0.25) is 4.79 Å². The highest BCUT2D eigenvalue weighted by Gasteiger charge is 2.33. The number of benzene rings is 2. The van der Waals surface area contributed by atoms with Crippen LogP contribution in [0.15, 0.2) is 51.8 Å². The normalized spacial score (nSPS) is 16.4. The molecule has 2 aromatic carbocycles. The van der Waals surface area contributed by atoms with Crippen molar-refractivity contribution in [2.24, 2.45) is 4.40 Å². The number of ether oxygens (including phenoxy) is 1. The number of carbonyl (C=O) groups excluding carboxylic acids is 1. The smallest absolute Gasteiger partial charge is 0.257 e. The summed E-state index contributed by atoms with van der Waals surface area (Å²) in [6, 6.07) is 13.9. The molecule has 2 heterocycles. The van der Waals surface area contributed by atoms with Gasteiger partial charge >= 0.3 is 0 Å². The number of hydrogen-bond donors (Lipinski definition) is 1. The number of sulfonamides is 1. The summed E-state index contributed by atoms with van der Waals surface area (Å²) in [5.41, 5.74) is 1.83. The standard InChI is InChI=1S/C18H14N4O4S2/c19-6-8-26-14-3-1-2-13(11-14)20-17(23)12-4-5-15-16(10-12)27-18-21-28(24,25)9-7-22(15)18/h1-5,10-11H,7-9H2,(H,20,23). The van der Waals surface area contributed by atoms with Crippen molar-refractivity contribution in [3.63, 3.8) is 0 Å². The molecule has 2 aliphatic heterocycles. The third-order valence-electron chi connectivity index (χ3n) is 4.13. The van der Waals surface area contributed by atoms with Crippen molar-refractivity contribution in [3.05, 3.63) is 48.0 Å². The van der Waals surface area contributed by atoms with Crippen LogP contribution in [0, 0.1) is 11.3 Å². The molecule has 0 bridgehead atoms. The quantitative estimate of drug-likeness (QED) is 0.818. The molecular formula is C18H14N4O4S2. The minimum absolute atomic E-state index is 0.0249. The van der Waals surface area contributed by atoms with Crippen LogP contribution >= 0.6 is 11.8 Å². The summed E-state index contributed by atoms with van der Waals surface area (Å²) in [6.07, 6.45) is 0. The lowest BCUT2D eigenvalue weighted by molar-refractivity contribution is 0.102. The highest BCUT2D eigenvalue weighted by atomic mass is 32.2. The molecule has 10 heteroatoms. The number of amides is 1. The number of fused-ring (bicyclic) bond motifs is 3. The second-order valence-electron chi connectivity index (χ2n) is 6.02. The molecule has 4 rings (SSSR count). The maximum atomic E-state index is 12.6. The van der Waals surface area contributed by atoms with Crippen LogP contribution in [0.2, 0.25) is 0 Å². The third kappa shape index (κ3) is 3.67. The van der Waals surface area contributed by atoms with Crippen LogP contribution in [0.25, 0.3) is 0 Å². The fourth-order valence-corrected chi connectivity index (χ4v) is 5.15. The van der Waals surface area contributed by atoms with E-state index in [1.54, 1.807) is 42.5 Å². The number of anilines is 2. The molecule has 2 aromatic rings. The number of hydrogen-bond acceptors (Lipinski definition) is 7. The van der Waals surface area contributed by atoms with E-state index >= 15 is 0 Å². The average molecular weight is 414 g/mol. The van der Waals surface area contributed by atoms with Gasteiger partial charge in [0.15, 0.2) is 11.8 Å². The molecule has 0 aliphatic carbocycles. The van der Waals surface area contributed by atoms with Crippen molar-refractivity contribution in [2.45, 2.75) is 4.90 Å². The van der Waals surface area contributed by atoms with Crippen molar-refractivity contribution < 1.29 is 17.9 Å². The number of nitrogens with zero attached hydrogens (tertiary/aromatic N) is 3. The molecule has 0 spiro atoms. The molecule has 1 N–H and O–H groups in total. The Balaban J connectivity index is 1.53. The van der Waals surface area contributed by atoms with Crippen LogP contribution in [-0.4, -0.2) is 38.4 Å². The highest BCUT2D eigenvalue weighted by Crippen LogP contribution is 2.42. The molecule has 0 aromatic heterocycles. The number of nitrogens with one attached hydrogen (secondary N) is 1. The molecule has 1 amide bonds. The van der Waals surface area contributed by atoms with Gasteiger partial charge in [-0.1, -0.05) is 6.07 Å². The Bertz CT molecular complexity index is 1140. The van der Waals surface area contributed by atoms with E-state index in [1.165, 1.54) is 11.8 Å². The summed E-state index contributed by atoms with van der Waals surface area (Å²) < 4.78 is 32.4. The Morgan fingerprint density at radius 3 is 3.00 bits per heavy atom. The van der Waals surface area contributed by atoms with Gasteiger partial charge in [0.1, 0.15) is 11.8 Å². The van der Waals surface area contributed by atoms with E-state index in [1.807, 2.05) is 11.0 Å². The highest BCUT2D eigenvalue weighted by molar-refractivity contribution is 8.15. The predicted molar refractivity (Wildman–Crippen MR) is 106 cm³/mol. The zero-order valence-corrected chi connectivity index (χ0v) is 16.1. The van der Waals surface area contributed by atoms with E-state index in [2.05, 4.69) is 9.71 Å². The van der Waals surface area contributed by atoms with Gasteiger partial charge in [-0.25, -0.2) is 8.42 Å². The van der Waals surface area contributed by atoms with Crippen molar-refractivity contribution in [3.8, 4) is 11.8 Å². The van der Waals surface area contributed by atoms with Gasteiger partial charge in [-0.05, 0) is 42.1 Å². The number of amidine groups is 1. The second kappa shape index (κ2) is 7.18. The van der Waals surface area contributed by atoms with Crippen molar-refractivity contribution in [1.29, 1.82) is 5.26 Å². The fourth-order valence-electron chi connectivity index (χ4n) is 2.85. The second-order valence-corrected chi connectivity index (χ2v) is 8.79. The predicted octanol–water partition coefficient (Wildman–Crippen LogP) is 2.45. The lowest BCUT2D eigenvalue weighted by Crippen LogP contribution is -2.35. The van der Waals surface area contributed by atoms with Crippen LogP contribution in [0.5, 0.6) is 5.75 Å². The maximum absolute atomic E-state index is 12.6. The van der Waals surface area contributed by atoms with Gasteiger partial charge in [-0.15, -0.1) is 4.40 Å². The van der Waals surface area contributed by atoms with Crippen LogP contribution in [0.4, 0.5) is 11.4 Å². The van der Waals surface area contributed by atoms with Crippen molar-refractivity contribution >= 4 is 44.2 Å². The molecule has 0 fully saturated rings. The number of carbonyl (C=O) groups is 1. The van der Waals surface area contributed by atoms with E-state index in [-0.39, 0.29) is 18.3 Å². The number of rotatable bonds is 4. The van der Waals surface area contributed by atoms with Gasteiger partial charge < -0.3 is 15.0 Å². The Kier molecular flexibility index (Phi) is 4.70. The minimum atomic E-state index is -3.42. The van der Waals surface area contributed by atoms with Gasteiger partial charge in [-0.2, -0.15) is 5.26 Å². The summed E-state index contributed by atoms with van der Waals surface area (Å²) in [4.78, 5) is 15.2. The molecule has 0 saturated heterocycles. The first-order chi connectivity index (χ1) is 13.4. The zero-order valence-electron chi connectivity index (χ0n) is 14.5. The van der Waals surface area contributed by atoms with E-state index in [9.17, 15) is 13.2 Å². The topological polar surface area (TPSA) is 112 Å². The largest absolute Gasteiger partial charge is 0.479 e. The van der Waals surface area contributed by atoms with Crippen LogP contribution in [0.3, 0.4) is 0 Å². The monoisotopic (exact) mass is 414 g/mol. The summed E-state index contributed by atoms with van der Waals surface area (Å²) in [6.45, 7) is 0.276. The SMILES string of the molecule is N#CCOc1cccc(NC(=O)c2ccc3c(c2)SC2=NS(=O)(=O)CCN23)c1. The average Bonchev–Trinajstić information content (AvgIpc) is 3.01. The van der Waals surface area contributed by atoms with Crippen molar-refractivity contribution in [2.75, 3.05) is 29.1 Å². The number of thioether (sulfide) groups is 1. The van der Waals surface area contributed by atoms with Gasteiger partial charge in [0.05, 0.1) is 11.4 Å². The molecular weight excluding hydrogens is 400 g/mol. The van der Waals surface area contributed by atoms with Gasteiger partial charge in [0, 0.05) is 28.8 Å². The van der Waals surface area contributed by atoms with E-state index < -0.39 is 10.0 Å². The maximum Gasteiger partial charge on any atom is 0.257 e. The Labute approximate surface area is 165 Å². The first-order valence-electron chi connectivity index (χ1n) is 8.28. The third-order valence-corrected chi connectivity index (χ3v) is 6.44. The minimum Gasteiger partial charge on any atom is -0.479 e. The lowest BCUT2D eigenvalue weighted by atomic mass is 10.1. The van der Waals surface area contributed by atoms with Crippen LogP contribution in [-0.2, 0) is 10.0 Å². The molecule has 0 saturated carbocycles. The Morgan fingerprint density at radius 2 is 2.18 bits per heavy atom. The molecule has 0 radical (unpaired) electrons. The van der Waals surface area contributed by atoms with Crippen LogP contribution in [0.1, 0.15) is 10.4 Å². The van der Waals surface area contributed by atoms with E-state index in [0.29, 0.717) is 28.7 Å². The molecule has 0 unspecified atom stereocenters. The molecule has 8 nitrogen and oxygen atoms in total. The summed E-state index contributed by atoms with van der Waals surface area (Å²) in [5.74, 6) is 0.156. The first kappa shape index (κ1) is 18.3. The molecule has 2 aliphatic rings. The Morgan fingerprint density at radius 1 is 1.32 bits per heavy atom. The Hall–Kier alpha value is -3.03. The lowest BCUT2D eigenvalue weighted by Gasteiger charge is -2.22. The van der Waals surface area contributed by atoms with Gasteiger partial charge in [0.25, 0.3) is 15.9 Å². The number of nitriles is 1. The van der Waals surface area contributed by atoms with Gasteiger partial charge in [0.2, 0.25) is 0 Å². The molecule has 28 heavy (non-hydrogen) atoms. The van der Waals surface area contributed by atoms with E-state index in [0.717, 1.165) is 10.6 Å². The summed E-state index contributed by atoms with van der Waals surface area (Å²) >= 11 is 1.24. The van der Waals surface area contributed by atoms with Crippen LogP contribution < -0.4 is 15.0 Å².